The van der Waals surface area contributed by atoms with Crippen molar-refractivity contribution >= 4 is 5.97 Å². The molecular formula is C27H28O3. The van der Waals surface area contributed by atoms with Crippen LogP contribution in [-0.4, -0.2) is 18.2 Å². The number of hydrogen-bond donors (Lipinski definition) is 1. The van der Waals surface area contributed by atoms with Crippen LogP contribution in [0.5, 0.6) is 5.75 Å². The Kier molecular flexibility index (Phi) is 5.63. The van der Waals surface area contributed by atoms with Crippen LogP contribution in [0, 0.1) is 0 Å². The Morgan fingerprint density at radius 3 is 2.33 bits per heavy atom. The molecule has 0 fully saturated rings. The standard InChI is InChI=1S/C27H28O3/c1-27(18-20-9-14-24(30-2)15-10-20)17-16-22-5-3-4-21(25(22)27)11-6-19-7-12-23(13-8-19)26(28)29/h3-5,7-10,12-15H,6,11,16-18H2,1-2H3,(H,28,29). The van der Waals surface area contributed by atoms with Crippen LogP contribution in [-0.2, 0) is 31.1 Å². The molecule has 0 radical (unpaired) electrons. The number of aromatic carboxylic acids is 1. The molecule has 1 N–H and O–H groups in total. The van der Waals surface area contributed by atoms with Gasteiger partial charge in [-0.05, 0) is 89.6 Å². The summed E-state index contributed by atoms with van der Waals surface area (Å²) in [4.78, 5) is 11.1. The van der Waals surface area contributed by atoms with E-state index in [-0.39, 0.29) is 5.41 Å². The summed E-state index contributed by atoms with van der Waals surface area (Å²) < 4.78 is 5.30. The average molecular weight is 401 g/mol. The third kappa shape index (κ3) is 4.11. The molecule has 0 amide bonds. The summed E-state index contributed by atoms with van der Waals surface area (Å²) >= 11 is 0. The predicted molar refractivity (Wildman–Crippen MR) is 120 cm³/mol. The first-order chi connectivity index (χ1) is 14.5. The fourth-order valence-electron chi connectivity index (χ4n) is 4.84. The molecular weight excluding hydrogens is 372 g/mol. The molecule has 0 bridgehead atoms. The molecule has 30 heavy (non-hydrogen) atoms. The van der Waals surface area contributed by atoms with Gasteiger partial charge in [-0.2, -0.15) is 0 Å². The smallest absolute Gasteiger partial charge is 0.335 e. The van der Waals surface area contributed by atoms with Gasteiger partial charge in [-0.25, -0.2) is 4.79 Å². The molecule has 3 heteroatoms. The lowest BCUT2D eigenvalue weighted by Crippen LogP contribution is -2.23. The Bertz CT molecular complexity index is 1030. The van der Waals surface area contributed by atoms with Gasteiger partial charge < -0.3 is 9.84 Å². The van der Waals surface area contributed by atoms with Crippen LogP contribution in [0.25, 0.3) is 0 Å². The first-order valence-corrected chi connectivity index (χ1v) is 10.5. The van der Waals surface area contributed by atoms with Gasteiger partial charge in [-0.3, -0.25) is 0 Å². The summed E-state index contributed by atoms with van der Waals surface area (Å²) in [5, 5.41) is 9.09. The number of aryl methyl sites for hydroxylation is 3. The fourth-order valence-corrected chi connectivity index (χ4v) is 4.84. The van der Waals surface area contributed by atoms with E-state index in [1.807, 2.05) is 24.3 Å². The fraction of sp³-hybridized carbons (Fsp3) is 0.296. The molecule has 1 unspecified atom stereocenters. The van der Waals surface area contributed by atoms with Crippen molar-refractivity contribution < 1.29 is 14.6 Å². The molecule has 1 aliphatic carbocycles. The number of carboxylic acids is 1. The first kappa shape index (κ1) is 20.2. The minimum atomic E-state index is -0.878. The minimum Gasteiger partial charge on any atom is -0.497 e. The molecule has 0 spiro atoms. The van der Waals surface area contributed by atoms with E-state index < -0.39 is 5.97 Å². The van der Waals surface area contributed by atoms with Crippen molar-refractivity contribution in [1.82, 2.24) is 0 Å². The van der Waals surface area contributed by atoms with Crippen molar-refractivity contribution in [2.75, 3.05) is 7.11 Å². The van der Waals surface area contributed by atoms with Crippen molar-refractivity contribution in [3.8, 4) is 5.75 Å². The SMILES string of the molecule is COc1ccc(CC2(C)CCc3cccc(CCc4ccc(C(=O)O)cc4)c32)cc1. The minimum absolute atomic E-state index is 0.133. The second-order valence-corrected chi connectivity index (χ2v) is 8.54. The van der Waals surface area contributed by atoms with Gasteiger partial charge in [0.05, 0.1) is 12.7 Å². The van der Waals surface area contributed by atoms with E-state index in [0.717, 1.165) is 31.4 Å². The predicted octanol–water partition coefficient (Wildman–Crippen LogP) is 5.63. The highest BCUT2D eigenvalue weighted by Gasteiger charge is 2.36. The van der Waals surface area contributed by atoms with E-state index in [0.29, 0.717) is 5.56 Å². The zero-order valence-electron chi connectivity index (χ0n) is 17.7. The van der Waals surface area contributed by atoms with Crippen molar-refractivity contribution in [2.24, 2.45) is 0 Å². The molecule has 154 valence electrons. The molecule has 3 aromatic rings. The highest BCUT2D eigenvalue weighted by atomic mass is 16.5. The van der Waals surface area contributed by atoms with Gasteiger partial charge in [0, 0.05) is 0 Å². The molecule has 0 aliphatic heterocycles. The maximum atomic E-state index is 11.1. The highest BCUT2D eigenvalue weighted by molar-refractivity contribution is 5.87. The number of fused-ring (bicyclic) bond motifs is 1. The molecule has 0 saturated carbocycles. The zero-order chi connectivity index (χ0) is 21.1. The zero-order valence-corrected chi connectivity index (χ0v) is 17.7. The lowest BCUT2D eigenvalue weighted by Gasteiger charge is -2.28. The Morgan fingerprint density at radius 1 is 0.967 bits per heavy atom. The number of benzene rings is 3. The van der Waals surface area contributed by atoms with E-state index in [9.17, 15) is 4.79 Å². The first-order valence-electron chi connectivity index (χ1n) is 10.5. The van der Waals surface area contributed by atoms with Crippen molar-refractivity contribution in [3.05, 3.63) is 100 Å². The van der Waals surface area contributed by atoms with Crippen LogP contribution in [0.15, 0.2) is 66.7 Å². The van der Waals surface area contributed by atoms with Crippen molar-refractivity contribution in [1.29, 1.82) is 0 Å². The number of ether oxygens (including phenoxy) is 1. The van der Waals surface area contributed by atoms with Gasteiger partial charge in [0.25, 0.3) is 0 Å². The lowest BCUT2D eigenvalue weighted by atomic mass is 9.76. The summed E-state index contributed by atoms with van der Waals surface area (Å²) in [7, 11) is 1.70. The number of hydrogen-bond acceptors (Lipinski definition) is 2. The van der Waals surface area contributed by atoms with Gasteiger partial charge in [-0.15, -0.1) is 0 Å². The van der Waals surface area contributed by atoms with Crippen LogP contribution in [0.4, 0.5) is 0 Å². The summed E-state index contributed by atoms with van der Waals surface area (Å²) in [6, 6.07) is 22.4. The summed E-state index contributed by atoms with van der Waals surface area (Å²) in [5.41, 5.74) is 7.40. The maximum Gasteiger partial charge on any atom is 0.335 e. The van der Waals surface area contributed by atoms with Crippen LogP contribution in [0.3, 0.4) is 0 Å². The molecule has 4 rings (SSSR count). The Morgan fingerprint density at radius 2 is 1.67 bits per heavy atom. The Balaban J connectivity index is 1.55. The second-order valence-electron chi connectivity index (χ2n) is 8.54. The molecule has 0 saturated heterocycles. The van der Waals surface area contributed by atoms with Crippen LogP contribution in [0.1, 0.15) is 51.5 Å². The monoisotopic (exact) mass is 400 g/mol. The quantitative estimate of drug-likeness (QED) is 0.559. The molecule has 0 heterocycles. The van der Waals surface area contributed by atoms with Gasteiger partial charge in [0.2, 0.25) is 0 Å². The molecule has 3 nitrogen and oxygen atoms in total. The van der Waals surface area contributed by atoms with Gasteiger partial charge >= 0.3 is 5.97 Å². The summed E-state index contributed by atoms with van der Waals surface area (Å²) in [6.45, 7) is 2.40. The van der Waals surface area contributed by atoms with E-state index >= 15 is 0 Å². The van der Waals surface area contributed by atoms with Crippen molar-refractivity contribution in [2.45, 2.75) is 44.4 Å². The molecule has 1 atom stereocenters. The number of rotatable bonds is 7. The van der Waals surface area contributed by atoms with Gasteiger partial charge in [0.15, 0.2) is 0 Å². The third-order valence-electron chi connectivity index (χ3n) is 6.42. The van der Waals surface area contributed by atoms with Crippen molar-refractivity contribution in [3.63, 3.8) is 0 Å². The largest absolute Gasteiger partial charge is 0.497 e. The number of methoxy groups -OCH3 is 1. The van der Waals surface area contributed by atoms with E-state index in [1.54, 1.807) is 19.2 Å². The Hall–Kier alpha value is -3.07. The van der Waals surface area contributed by atoms with E-state index in [1.165, 1.54) is 34.2 Å². The highest BCUT2D eigenvalue weighted by Crippen LogP contribution is 2.43. The van der Waals surface area contributed by atoms with E-state index in [2.05, 4.69) is 37.3 Å². The Labute approximate surface area is 178 Å². The third-order valence-corrected chi connectivity index (χ3v) is 6.42. The average Bonchev–Trinajstić information content (AvgIpc) is 3.10. The van der Waals surface area contributed by atoms with Crippen LogP contribution >= 0.6 is 0 Å². The molecule has 3 aromatic carbocycles. The van der Waals surface area contributed by atoms with Crippen LogP contribution in [0.2, 0.25) is 0 Å². The molecule has 1 aliphatic rings. The maximum absolute atomic E-state index is 11.1. The van der Waals surface area contributed by atoms with Crippen LogP contribution < -0.4 is 4.74 Å². The normalized spacial score (nSPS) is 17.5. The van der Waals surface area contributed by atoms with E-state index in [4.69, 9.17) is 9.84 Å². The summed E-state index contributed by atoms with van der Waals surface area (Å²) in [5.74, 6) is 0.0158. The number of carboxylic acid groups (broad SMARTS) is 1. The van der Waals surface area contributed by atoms with Gasteiger partial charge in [0.1, 0.15) is 5.75 Å². The van der Waals surface area contributed by atoms with Gasteiger partial charge in [-0.1, -0.05) is 49.4 Å². The molecule has 0 aromatic heterocycles. The lowest BCUT2D eigenvalue weighted by molar-refractivity contribution is 0.0697. The summed E-state index contributed by atoms with van der Waals surface area (Å²) in [6.07, 6.45) is 5.19. The second kappa shape index (κ2) is 8.35. The number of carbonyl (C=O) groups is 1. The topological polar surface area (TPSA) is 46.5 Å².